The molecular weight excluding hydrogens is 488 g/mol. The first kappa shape index (κ1) is 27.3. The summed E-state index contributed by atoms with van der Waals surface area (Å²) in [6.45, 7) is 3.99. The molecule has 200 valence electrons. The zero-order chi connectivity index (χ0) is 26.3. The van der Waals surface area contributed by atoms with Crippen LogP contribution >= 0.6 is 0 Å². The Balaban J connectivity index is 1.22. The maximum absolute atomic E-state index is 12.8. The van der Waals surface area contributed by atoms with Crippen molar-refractivity contribution >= 4 is 21.7 Å². The van der Waals surface area contributed by atoms with Crippen LogP contribution in [0.4, 0.5) is 0 Å². The maximum atomic E-state index is 12.8. The van der Waals surface area contributed by atoms with Gasteiger partial charge in [-0.25, -0.2) is 13.4 Å². The summed E-state index contributed by atoms with van der Waals surface area (Å²) in [7, 11) is -3.25. The third-order valence-corrected chi connectivity index (χ3v) is 8.48. The van der Waals surface area contributed by atoms with Crippen molar-refractivity contribution in [2.45, 2.75) is 49.5 Å². The minimum absolute atomic E-state index is 0.00103. The first-order valence-corrected chi connectivity index (χ1v) is 15.1. The summed E-state index contributed by atoms with van der Waals surface area (Å²) in [5.41, 5.74) is 4.89. The molecule has 1 heterocycles. The van der Waals surface area contributed by atoms with Crippen molar-refractivity contribution in [3.8, 4) is 0 Å². The van der Waals surface area contributed by atoms with E-state index >= 15 is 0 Å². The Morgan fingerprint density at radius 1 is 0.946 bits per heavy atom. The number of piperazine rings is 1. The van der Waals surface area contributed by atoms with Crippen LogP contribution in [0.3, 0.4) is 0 Å². The van der Waals surface area contributed by atoms with E-state index in [1.165, 1.54) is 18.4 Å². The summed E-state index contributed by atoms with van der Waals surface area (Å²) in [4.78, 5) is 28.0. The smallest absolute Gasteiger partial charge is 0.238 e. The van der Waals surface area contributed by atoms with E-state index in [1.54, 1.807) is 12.1 Å². The molecule has 1 saturated heterocycles. The largest absolute Gasteiger partial charge is 0.349 e. The number of rotatable bonds is 10. The second-order valence-electron chi connectivity index (χ2n) is 10.2. The van der Waals surface area contributed by atoms with E-state index < -0.39 is 9.84 Å². The summed E-state index contributed by atoms with van der Waals surface area (Å²) in [5.74, 6) is 0.222. The Labute approximate surface area is 220 Å². The second kappa shape index (κ2) is 12.7. The minimum atomic E-state index is -3.25. The second-order valence-corrected chi connectivity index (χ2v) is 12.2. The lowest BCUT2D eigenvalue weighted by Crippen LogP contribution is -2.54. The number of benzene rings is 2. The van der Waals surface area contributed by atoms with Crippen LogP contribution in [0.15, 0.2) is 59.5 Å². The molecule has 2 aliphatic rings. The molecule has 2 amide bonds. The molecule has 1 aliphatic carbocycles. The predicted molar refractivity (Wildman–Crippen MR) is 143 cm³/mol. The first-order valence-electron chi connectivity index (χ1n) is 13.2. The summed E-state index contributed by atoms with van der Waals surface area (Å²) >= 11 is 0. The number of carbonyl (C=O) groups excluding carboxylic acids is 2. The third-order valence-electron chi connectivity index (χ3n) is 7.35. The van der Waals surface area contributed by atoms with Crippen molar-refractivity contribution in [3.05, 3.63) is 65.7 Å². The van der Waals surface area contributed by atoms with E-state index in [-0.39, 0.29) is 35.1 Å². The van der Waals surface area contributed by atoms with Crippen LogP contribution in [0.5, 0.6) is 0 Å². The lowest BCUT2D eigenvalue weighted by Gasteiger charge is -2.35. The Bertz CT molecular complexity index is 1140. The molecule has 0 aromatic heterocycles. The Morgan fingerprint density at radius 2 is 1.59 bits per heavy atom. The zero-order valence-corrected chi connectivity index (χ0v) is 22.4. The van der Waals surface area contributed by atoms with Crippen LogP contribution in [0.2, 0.25) is 0 Å². The fraction of sp³-hybridized carbons (Fsp3) is 0.500. The molecule has 2 N–H and O–H groups in total. The quantitative estimate of drug-likeness (QED) is 0.494. The van der Waals surface area contributed by atoms with Crippen LogP contribution < -0.4 is 10.7 Å². The van der Waals surface area contributed by atoms with Gasteiger partial charge in [0.25, 0.3) is 0 Å². The van der Waals surface area contributed by atoms with Crippen molar-refractivity contribution in [2.24, 2.45) is 5.92 Å². The van der Waals surface area contributed by atoms with Gasteiger partial charge in [-0.1, -0.05) is 55.3 Å². The SMILES string of the molecule is CS(=O)(=O)c1ccc(CC(=O)NN2CCN(CC[C@H](NC(=O)C3CCCC3)c3ccccc3)CC2)cc1. The number of sulfone groups is 1. The molecule has 0 radical (unpaired) electrons. The van der Waals surface area contributed by atoms with Gasteiger partial charge in [0.05, 0.1) is 17.4 Å². The van der Waals surface area contributed by atoms with Crippen LogP contribution in [0.25, 0.3) is 0 Å². The van der Waals surface area contributed by atoms with Crippen molar-refractivity contribution in [2.75, 3.05) is 39.0 Å². The highest BCUT2D eigenvalue weighted by Crippen LogP contribution is 2.26. The Hall–Kier alpha value is -2.75. The molecule has 9 heteroatoms. The number of nitrogens with zero attached hydrogens (tertiary/aromatic N) is 2. The fourth-order valence-electron chi connectivity index (χ4n) is 5.14. The molecule has 2 aromatic carbocycles. The molecule has 0 bridgehead atoms. The summed E-state index contributed by atoms with van der Waals surface area (Å²) in [6, 6.07) is 16.6. The van der Waals surface area contributed by atoms with Gasteiger partial charge in [0, 0.05) is 44.9 Å². The van der Waals surface area contributed by atoms with Crippen molar-refractivity contribution in [1.29, 1.82) is 0 Å². The van der Waals surface area contributed by atoms with Gasteiger partial charge in [-0.3, -0.25) is 15.0 Å². The van der Waals surface area contributed by atoms with Crippen LogP contribution in [0, 0.1) is 5.92 Å². The molecule has 0 spiro atoms. The number of carbonyl (C=O) groups is 2. The highest BCUT2D eigenvalue weighted by molar-refractivity contribution is 7.90. The van der Waals surface area contributed by atoms with Gasteiger partial charge >= 0.3 is 0 Å². The standard InChI is InChI=1S/C28H38N4O4S/c1-37(35,36)25-13-11-22(12-14-25)21-27(33)30-32-19-17-31(18-20-32)16-15-26(23-7-3-2-4-8-23)29-28(34)24-9-5-6-10-24/h2-4,7-8,11-14,24,26H,5-6,9-10,15-21H2,1H3,(H,29,34)(H,30,33)/t26-/m0/s1. The average molecular weight is 527 g/mol. The zero-order valence-electron chi connectivity index (χ0n) is 21.6. The van der Waals surface area contributed by atoms with Gasteiger partial charge < -0.3 is 10.2 Å². The maximum Gasteiger partial charge on any atom is 0.238 e. The van der Waals surface area contributed by atoms with Crippen LogP contribution in [-0.4, -0.2) is 69.1 Å². The minimum Gasteiger partial charge on any atom is -0.349 e. The number of hydrazine groups is 1. The monoisotopic (exact) mass is 526 g/mol. The van der Waals surface area contributed by atoms with Gasteiger partial charge in [-0.2, -0.15) is 0 Å². The van der Waals surface area contributed by atoms with E-state index in [4.69, 9.17) is 0 Å². The Kier molecular flexibility index (Phi) is 9.34. The van der Waals surface area contributed by atoms with Gasteiger partial charge in [0.2, 0.25) is 11.8 Å². The van der Waals surface area contributed by atoms with Crippen molar-refractivity contribution in [1.82, 2.24) is 20.7 Å². The van der Waals surface area contributed by atoms with Gasteiger partial charge in [-0.05, 0) is 42.5 Å². The first-order chi connectivity index (χ1) is 17.8. The molecule has 1 atom stereocenters. The molecule has 1 aliphatic heterocycles. The molecule has 8 nitrogen and oxygen atoms in total. The molecule has 2 aromatic rings. The van der Waals surface area contributed by atoms with E-state index in [9.17, 15) is 18.0 Å². The summed E-state index contributed by atoms with van der Waals surface area (Å²) in [6.07, 6.45) is 6.49. The lowest BCUT2D eigenvalue weighted by atomic mass is 10.0. The third kappa shape index (κ3) is 8.12. The normalized spacial score (nSPS) is 18.4. The molecular formula is C28H38N4O4S. The molecule has 1 saturated carbocycles. The molecule has 2 fully saturated rings. The molecule has 37 heavy (non-hydrogen) atoms. The number of hydrogen-bond donors (Lipinski definition) is 2. The van der Waals surface area contributed by atoms with E-state index in [0.29, 0.717) is 0 Å². The van der Waals surface area contributed by atoms with Crippen molar-refractivity contribution in [3.63, 3.8) is 0 Å². The highest BCUT2D eigenvalue weighted by atomic mass is 32.2. The average Bonchev–Trinajstić information content (AvgIpc) is 3.43. The topological polar surface area (TPSA) is 98.8 Å². The van der Waals surface area contributed by atoms with E-state index in [1.807, 2.05) is 23.2 Å². The lowest BCUT2D eigenvalue weighted by molar-refractivity contribution is -0.126. The van der Waals surface area contributed by atoms with Crippen LogP contribution in [0.1, 0.15) is 49.3 Å². The van der Waals surface area contributed by atoms with Gasteiger partial charge in [0.1, 0.15) is 0 Å². The number of hydrogen-bond acceptors (Lipinski definition) is 6. The number of nitrogens with one attached hydrogen (secondary N) is 2. The van der Waals surface area contributed by atoms with E-state index in [2.05, 4.69) is 27.8 Å². The summed E-state index contributed by atoms with van der Waals surface area (Å²) < 4.78 is 23.2. The van der Waals surface area contributed by atoms with E-state index in [0.717, 1.165) is 76.0 Å². The molecule has 4 rings (SSSR count). The summed E-state index contributed by atoms with van der Waals surface area (Å²) in [5, 5.41) is 5.26. The number of amides is 2. The highest BCUT2D eigenvalue weighted by Gasteiger charge is 2.26. The molecule has 0 unspecified atom stereocenters. The van der Waals surface area contributed by atoms with Crippen LogP contribution in [-0.2, 0) is 25.8 Å². The predicted octanol–water partition coefficient (Wildman–Crippen LogP) is 2.72. The fourth-order valence-corrected chi connectivity index (χ4v) is 5.77. The Morgan fingerprint density at radius 3 is 2.22 bits per heavy atom. The van der Waals surface area contributed by atoms with Gasteiger partial charge in [-0.15, -0.1) is 0 Å². The van der Waals surface area contributed by atoms with Crippen molar-refractivity contribution < 1.29 is 18.0 Å². The van der Waals surface area contributed by atoms with Gasteiger partial charge in [0.15, 0.2) is 9.84 Å².